The van der Waals surface area contributed by atoms with Crippen molar-refractivity contribution in [2.75, 3.05) is 5.73 Å². The van der Waals surface area contributed by atoms with Crippen molar-refractivity contribution in [1.29, 1.82) is 0 Å². The first-order valence-corrected chi connectivity index (χ1v) is 5.17. The number of hydrogen-bond acceptors (Lipinski definition) is 3. The highest BCUT2D eigenvalue weighted by atomic mass is 15.3. The van der Waals surface area contributed by atoms with Crippen LogP contribution >= 0.6 is 0 Å². The zero-order valence-electron chi connectivity index (χ0n) is 9.36. The van der Waals surface area contributed by atoms with Gasteiger partial charge in [-0.25, -0.2) is 9.50 Å². The molecule has 0 aliphatic carbocycles. The van der Waals surface area contributed by atoms with E-state index in [2.05, 4.69) is 23.9 Å². The molecule has 2 N–H and O–H groups in total. The molecule has 2 rings (SSSR count). The van der Waals surface area contributed by atoms with Gasteiger partial charge in [0.15, 0.2) is 5.65 Å². The highest BCUT2D eigenvalue weighted by molar-refractivity contribution is 5.52. The van der Waals surface area contributed by atoms with Gasteiger partial charge in [0.2, 0.25) is 0 Å². The van der Waals surface area contributed by atoms with Crippen molar-refractivity contribution in [1.82, 2.24) is 14.6 Å². The fraction of sp³-hybridized carbons (Fsp3) is 0.455. The number of imidazole rings is 1. The Morgan fingerprint density at radius 2 is 2.20 bits per heavy atom. The molecule has 0 fully saturated rings. The first kappa shape index (κ1) is 9.96. The zero-order chi connectivity index (χ0) is 11.0. The molecule has 0 bridgehead atoms. The molecular weight excluding hydrogens is 188 g/mol. The predicted octanol–water partition coefficient (Wildman–Crippen LogP) is 1.82. The van der Waals surface area contributed by atoms with E-state index in [9.17, 15) is 0 Å². The van der Waals surface area contributed by atoms with E-state index in [0.29, 0.717) is 11.7 Å². The highest BCUT2D eigenvalue weighted by Crippen LogP contribution is 2.16. The van der Waals surface area contributed by atoms with Crippen molar-refractivity contribution in [2.45, 2.75) is 27.2 Å². The van der Waals surface area contributed by atoms with Crippen LogP contribution in [0.4, 0.5) is 5.82 Å². The van der Waals surface area contributed by atoms with Gasteiger partial charge in [0, 0.05) is 5.56 Å². The Hall–Kier alpha value is -1.58. The topological polar surface area (TPSA) is 56.2 Å². The van der Waals surface area contributed by atoms with Gasteiger partial charge < -0.3 is 5.73 Å². The molecule has 0 saturated heterocycles. The monoisotopic (exact) mass is 204 g/mol. The van der Waals surface area contributed by atoms with Crippen LogP contribution in [0, 0.1) is 12.8 Å². The highest BCUT2D eigenvalue weighted by Gasteiger charge is 2.08. The van der Waals surface area contributed by atoms with Gasteiger partial charge >= 0.3 is 0 Å². The molecule has 2 aromatic rings. The molecule has 0 spiro atoms. The van der Waals surface area contributed by atoms with Gasteiger partial charge in [-0.05, 0) is 25.3 Å². The summed E-state index contributed by atoms with van der Waals surface area (Å²) in [5.41, 5.74) is 8.82. The van der Waals surface area contributed by atoms with Crippen LogP contribution in [0.3, 0.4) is 0 Å². The smallest absolute Gasteiger partial charge is 0.157 e. The summed E-state index contributed by atoms with van der Waals surface area (Å²) >= 11 is 0. The van der Waals surface area contributed by atoms with Crippen molar-refractivity contribution < 1.29 is 0 Å². The lowest BCUT2D eigenvalue weighted by molar-refractivity contribution is 0.646. The Morgan fingerprint density at radius 3 is 2.87 bits per heavy atom. The molecule has 0 radical (unpaired) electrons. The first-order valence-electron chi connectivity index (χ1n) is 5.17. The summed E-state index contributed by atoms with van der Waals surface area (Å²) in [5.74, 6) is 1.14. The van der Waals surface area contributed by atoms with Crippen LogP contribution in [0.5, 0.6) is 0 Å². The first-order chi connectivity index (χ1) is 7.06. The van der Waals surface area contributed by atoms with Crippen LogP contribution < -0.4 is 5.73 Å². The average molecular weight is 204 g/mol. The van der Waals surface area contributed by atoms with E-state index in [1.807, 2.05) is 19.2 Å². The lowest BCUT2D eigenvalue weighted by Crippen LogP contribution is -2.03. The van der Waals surface area contributed by atoms with E-state index >= 15 is 0 Å². The molecule has 0 aliphatic heterocycles. The number of rotatable bonds is 2. The number of hydrogen-bond donors (Lipinski definition) is 1. The minimum Gasteiger partial charge on any atom is -0.382 e. The third-order valence-electron chi connectivity index (χ3n) is 2.27. The second-order valence-corrected chi connectivity index (χ2v) is 4.34. The van der Waals surface area contributed by atoms with Crippen LogP contribution in [0.15, 0.2) is 12.3 Å². The van der Waals surface area contributed by atoms with Gasteiger partial charge in [-0.3, -0.25) is 0 Å². The molecule has 4 heteroatoms. The largest absolute Gasteiger partial charge is 0.382 e. The minimum atomic E-state index is 0.551. The number of fused-ring (bicyclic) bond motifs is 1. The number of aromatic nitrogens is 3. The second-order valence-electron chi connectivity index (χ2n) is 4.34. The van der Waals surface area contributed by atoms with Crippen LogP contribution in [-0.4, -0.2) is 14.6 Å². The van der Waals surface area contributed by atoms with Crippen molar-refractivity contribution in [3.8, 4) is 0 Å². The van der Waals surface area contributed by atoms with Crippen molar-refractivity contribution in [3.05, 3.63) is 23.5 Å². The number of aryl methyl sites for hydroxylation is 1. The van der Waals surface area contributed by atoms with Gasteiger partial charge in [0.25, 0.3) is 0 Å². The summed E-state index contributed by atoms with van der Waals surface area (Å²) in [6.45, 7) is 6.33. The molecule has 80 valence electrons. The number of nitrogens with zero attached hydrogens (tertiary/aromatic N) is 3. The summed E-state index contributed by atoms with van der Waals surface area (Å²) < 4.78 is 1.77. The fourth-order valence-electron chi connectivity index (χ4n) is 1.77. The summed E-state index contributed by atoms with van der Waals surface area (Å²) in [5, 5.41) is 4.20. The molecule has 2 aromatic heterocycles. The molecule has 15 heavy (non-hydrogen) atoms. The molecule has 0 aliphatic rings. The SMILES string of the molecule is Cc1cn2nc(N)cc(CC(C)C)c2n1. The fourth-order valence-corrected chi connectivity index (χ4v) is 1.77. The van der Waals surface area contributed by atoms with Crippen LogP contribution in [0.25, 0.3) is 5.65 Å². The Balaban J connectivity index is 2.59. The number of nitrogens with two attached hydrogens (primary N) is 1. The van der Waals surface area contributed by atoms with E-state index < -0.39 is 0 Å². The normalized spacial score (nSPS) is 11.5. The Labute approximate surface area is 89.1 Å². The Kier molecular flexibility index (Phi) is 2.34. The van der Waals surface area contributed by atoms with Crippen molar-refractivity contribution in [2.24, 2.45) is 5.92 Å². The number of anilines is 1. The van der Waals surface area contributed by atoms with E-state index in [1.54, 1.807) is 4.52 Å². The molecule has 0 unspecified atom stereocenters. The quantitative estimate of drug-likeness (QED) is 0.811. The van der Waals surface area contributed by atoms with Crippen LogP contribution in [-0.2, 0) is 6.42 Å². The van der Waals surface area contributed by atoms with Crippen molar-refractivity contribution >= 4 is 11.5 Å². The zero-order valence-corrected chi connectivity index (χ0v) is 9.36. The second kappa shape index (κ2) is 3.53. The predicted molar refractivity (Wildman–Crippen MR) is 60.7 cm³/mol. The molecule has 4 nitrogen and oxygen atoms in total. The van der Waals surface area contributed by atoms with Gasteiger partial charge in [-0.2, -0.15) is 0 Å². The van der Waals surface area contributed by atoms with Gasteiger partial charge in [-0.1, -0.05) is 13.8 Å². The van der Waals surface area contributed by atoms with Crippen molar-refractivity contribution in [3.63, 3.8) is 0 Å². The Bertz CT molecular complexity index is 485. The lowest BCUT2D eigenvalue weighted by Gasteiger charge is -2.06. The van der Waals surface area contributed by atoms with E-state index in [4.69, 9.17) is 5.73 Å². The van der Waals surface area contributed by atoms with E-state index in [-0.39, 0.29) is 0 Å². The summed E-state index contributed by atoms with van der Waals surface area (Å²) in [4.78, 5) is 4.45. The van der Waals surface area contributed by atoms with Crippen LogP contribution in [0.2, 0.25) is 0 Å². The molecule has 2 heterocycles. The third kappa shape index (κ3) is 1.93. The lowest BCUT2D eigenvalue weighted by atomic mass is 10.0. The van der Waals surface area contributed by atoms with Crippen LogP contribution in [0.1, 0.15) is 25.1 Å². The summed E-state index contributed by atoms with van der Waals surface area (Å²) in [6, 6.07) is 1.92. The average Bonchev–Trinajstić information content (AvgIpc) is 2.44. The van der Waals surface area contributed by atoms with Gasteiger partial charge in [0.05, 0.1) is 11.9 Å². The van der Waals surface area contributed by atoms with E-state index in [1.165, 1.54) is 5.56 Å². The van der Waals surface area contributed by atoms with Gasteiger partial charge in [-0.15, -0.1) is 5.10 Å². The molecule has 0 atom stereocenters. The standard InChI is InChI=1S/C11H16N4/c1-7(2)4-9-5-10(12)14-15-6-8(3)13-11(9)15/h5-7H,4H2,1-3H3,(H2,12,14). The maximum Gasteiger partial charge on any atom is 0.157 e. The molecule has 0 amide bonds. The number of nitrogen functional groups attached to an aromatic ring is 1. The molecule has 0 saturated carbocycles. The summed E-state index contributed by atoms with van der Waals surface area (Å²) in [7, 11) is 0. The summed E-state index contributed by atoms with van der Waals surface area (Å²) in [6.07, 6.45) is 2.88. The van der Waals surface area contributed by atoms with Gasteiger partial charge in [0.1, 0.15) is 5.82 Å². The minimum absolute atomic E-state index is 0.551. The maximum atomic E-state index is 5.75. The third-order valence-corrected chi connectivity index (χ3v) is 2.27. The Morgan fingerprint density at radius 1 is 1.47 bits per heavy atom. The maximum absolute atomic E-state index is 5.75. The molecular formula is C11H16N4. The molecule has 0 aromatic carbocycles. The van der Waals surface area contributed by atoms with E-state index in [0.717, 1.165) is 17.8 Å².